The fourth-order valence-electron chi connectivity index (χ4n) is 1.98. The molecule has 1 aromatic carbocycles. The number of hydrogen-bond donors (Lipinski definition) is 1. The Balaban J connectivity index is 2.31. The number of aryl methyl sites for hydroxylation is 2. The van der Waals surface area contributed by atoms with E-state index in [2.05, 4.69) is 30.2 Å². The molecule has 0 unspecified atom stereocenters. The number of benzene rings is 1. The lowest BCUT2D eigenvalue weighted by molar-refractivity contribution is 0.103. The van der Waals surface area contributed by atoms with Crippen molar-refractivity contribution in [2.24, 2.45) is 0 Å². The van der Waals surface area contributed by atoms with Crippen LogP contribution in [0.1, 0.15) is 45.6 Å². The molecule has 0 fully saturated rings. The fourth-order valence-corrected chi connectivity index (χ4v) is 2.66. The number of nitrogens with zero attached hydrogens (tertiary/aromatic N) is 1. The summed E-state index contributed by atoms with van der Waals surface area (Å²) in [5.41, 5.74) is 3.17. The van der Waals surface area contributed by atoms with Gasteiger partial charge in [-0.05, 0) is 30.9 Å². The van der Waals surface area contributed by atoms with E-state index in [4.69, 9.17) is 0 Å². The Hall–Kier alpha value is -1.68. The highest BCUT2D eigenvalue weighted by Crippen LogP contribution is 2.28. The first-order valence-electron chi connectivity index (χ1n) is 6.32. The van der Waals surface area contributed by atoms with Gasteiger partial charge in [0.2, 0.25) is 0 Å². The molecule has 0 atom stereocenters. The van der Waals surface area contributed by atoms with Crippen LogP contribution in [-0.2, 0) is 0 Å². The predicted octanol–water partition coefficient (Wildman–Crippen LogP) is 4.14. The molecular weight excluding hydrogens is 256 g/mol. The van der Waals surface area contributed by atoms with Gasteiger partial charge >= 0.3 is 0 Å². The van der Waals surface area contributed by atoms with Gasteiger partial charge in [0.25, 0.3) is 5.91 Å². The van der Waals surface area contributed by atoms with Gasteiger partial charge in [-0.2, -0.15) is 0 Å². The minimum absolute atomic E-state index is 0.0817. The summed E-state index contributed by atoms with van der Waals surface area (Å²) in [4.78, 5) is 17.0. The van der Waals surface area contributed by atoms with Crippen molar-refractivity contribution in [2.75, 3.05) is 5.32 Å². The van der Waals surface area contributed by atoms with Gasteiger partial charge in [0.1, 0.15) is 4.88 Å². The predicted molar refractivity (Wildman–Crippen MR) is 80.1 cm³/mol. The van der Waals surface area contributed by atoms with Gasteiger partial charge in [-0.1, -0.05) is 32.0 Å². The summed E-state index contributed by atoms with van der Waals surface area (Å²) in [7, 11) is 0. The minimum atomic E-state index is -0.0817. The number of thiazole rings is 1. The maximum Gasteiger partial charge on any atom is 0.267 e. The quantitative estimate of drug-likeness (QED) is 0.914. The molecular formula is C15H18N2OS. The average Bonchev–Trinajstić information content (AvgIpc) is 2.78. The third-order valence-electron chi connectivity index (χ3n) is 3.01. The van der Waals surface area contributed by atoms with E-state index < -0.39 is 0 Å². The molecule has 1 aromatic heterocycles. The molecule has 4 heteroatoms. The topological polar surface area (TPSA) is 42.0 Å². The zero-order valence-electron chi connectivity index (χ0n) is 11.7. The van der Waals surface area contributed by atoms with Gasteiger partial charge in [0.15, 0.2) is 0 Å². The molecule has 0 aliphatic heterocycles. The van der Waals surface area contributed by atoms with E-state index in [1.165, 1.54) is 11.3 Å². The number of anilines is 1. The Bertz CT molecular complexity index is 602. The van der Waals surface area contributed by atoms with Gasteiger partial charge in [0.05, 0.1) is 11.2 Å². The van der Waals surface area contributed by atoms with Crippen LogP contribution in [0.25, 0.3) is 0 Å². The normalized spacial score (nSPS) is 10.8. The highest BCUT2D eigenvalue weighted by atomic mass is 32.1. The first-order valence-corrected chi connectivity index (χ1v) is 7.14. The molecule has 1 N–H and O–H groups in total. The fraction of sp³-hybridized carbons (Fsp3) is 0.333. The Labute approximate surface area is 117 Å². The summed E-state index contributed by atoms with van der Waals surface area (Å²) >= 11 is 1.41. The molecule has 0 aliphatic rings. The van der Waals surface area contributed by atoms with Crippen LogP contribution in [0.2, 0.25) is 0 Å². The molecule has 0 aliphatic carbocycles. The highest BCUT2D eigenvalue weighted by Gasteiger charge is 2.14. The van der Waals surface area contributed by atoms with Crippen molar-refractivity contribution < 1.29 is 4.79 Å². The van der Waals surface area contributed by atoms with Gasteiger partial charge in [-0.3, -0.25) is 4.79 Å². The first-order chi connectivity index (χ1) is 8.99. The van der Waals surface area contributed by atoms with Gasteiger partial charge in [-0.25, -0.2) is 4.98 Å². The number of carbonyl (C=O) groups is 1. The van der Waals surface area contributed by atoms with E-state index in [-0.39, 0.29) is 5.91 Å². The van der Waals surface area contributed by atoms with Crippen LogP contribution < -0.4 is 5.32 Å². The Morgan fingerprint density at radius 2 is 2.05 bits per heavy atom. The molecule has 0 radical (unpaired) electrons. The molecule has 3 nitrogen and oxygen atoms in total. The number of rotatable bonds is 3. The number of amides is 1. The lowest BCUT2D eigenvalue weighted by atomic mass is 9.98. The van der Waals surface area contributed by atoms with Crippen LogP contribution in [0.15, 0.2) is 24.4 Å². The second-order valence-electron chi connectivity index (χ2n) is 4.89. The summed E-state index contributed by atoms with van der Waals surface area (Å²) in [5, 5.41) is 3.92. The summed E-state index contributed by atoms with van der Waals surface area (Å²) in [6, 6.07) is 6.10. The molecule has 0 spiro atoms. The van der Waals surface area contributed by atoms with Crippen LogP contribution in [0.3, 0.4) is 0 Å². The summed E-state index contributed by atoms with van der Waals surface area (Å²) in [6.45, 7) is 8.16. The van der Waals surface area contributed by atoms with E-state index in [9.17, 15) is 4.79 Å². The average molecular weight is 274 g/mol. The van der Waals surface area contributed by atoms with Gasteiger partial charge in [-0.15, -0.1) is 11.3 Å². The second-order valence-corrected chi connectivity index (χ2v) is 6.13. The maximum atomic E-state index is 12.2. The molecule has 100 valence electrons. The van der Waals surface area contributed by atoms with E-state index in [1.807, 2.05) is 26.0 Å². The first kappa shape index (κ1) is 13.7. The summed E-state index contributed by atoms with van der Waals surface area (Å²) < 4.78 is 0. The smallest absolute Gasteiger partial charge is 0.267 e. The van der Waals surface area contributed by atoms with Gasteiger partial charge < -0.3 is 5.32 Å². The zero-order valence-corrected chi connectivity index (χ0v) is 12.5. The molecule has 0 saturated carbocycles. The third kappa shape index (κ3) is 3.01. The van der Waals surface area contributed by atoms with Crippen molar-refractivity contribution in [1.29, 1.82) is 0 Å². The van der Waals surface area contributed by atoms with Crippen molar-refractivity contribution in [3.63, 3.8) is 0 Å². The van der Waals surface area contributed by atoms with E-state index in [1.54, 1.807) is 6.20 Å². The SMILES string of the molecule is Cc1ncc(C(=O)Nc2c(C)cccc2C(C)C)s1. The highest BCUT2D eigenvalue weighted by molar-refractivity contribution is 7.13. The van der Waals surface area contributed by atoms with Crippen LogP contribution in [0, 0.1) is 13.8 Å². The van der Waals surface area contributed by atoms with E-state index in [0.29, 0.717) is 10.8 Å². The maximum absolute atomic E-state index is 12.2. The minimum Gasteiger partial charge on any atom is -0.321 e. The summed E-state index contributed by atoms with van der Waals surface area (Å²) in [6.07, 6.45) is 1.63. The number of nitrogens with one attached hydrogen (secondary N) is 1. The largest absolute Gasteiger partial charge is 0.321 e. The molecule has 0 saturated heterocycles. The molecule has 19 heavy (non-hydrogen) atoms. The monoisotopic (exact) mass is 274 g/mol. The van der Waals surface area contributed by atoms with Gasteiger partial charge in [0, 0.05) is 5.69 Å². The Morgan fingerprint density at radius 3 is 2.63 bits per heavy atom. The molecule has 0 bridgehead atoms. The van der Waals surface area contributed by atoms with Crippen molar-refractivity contribution in [3.05, 3.63) is 45.4 Å². The molecule has 2 aromatic rings. The molecule has 1 amide bonds. The van der Waals surface area contributed by atoms with E-state index in [0.717, 1.165) is 21.8 Å². The zero-order chi connectivity index (χ0) is 14.0. The number of aromatic nitrogens is 1. The van der Waals surface area contributed by atoms with Crippen molar-refractivity contribution in [3.8, 4) is 0 Å². The van der Waals surface area contributed by atoms with Crippen LogP contribution >= 0.6 is 11.3 Å². The lowest BCUT2D eigenvalue weighted by Gasteiger charge is -2.15. The van der Waals surface area contributed by atoms with Crippen molar-refractivity contribution in [1.82, 2.24) is 4.98 Å². The molecule has 2 rings (SSSR count). The number of hydrogen-bond acceptors (Lipinski definition) is 3. The number of carbonyl (C=O) groups excluding carboxylic acids is 1. The lowest BCUT2D eigenvalue weighted by Crippen LogP contribution is -2.13. The third-order valence-corrected chi connectivity index (χ3v) is 3.92. The van der Waals surface area contributed by atoms with E-state index >= 15 is 0 Å². The van der Waals surface area contributed by atoms with Crippen LogP contribution in [0.5, 0.6) is 0 Å². The van der Waals surface area contributed by atoms with Crippen molar-refractivity contribution >= 4 is 22.9 Å². The summed E-state index contributed by atoms with van der Waals surface area (Å²) in [5.74, 6) is 0.292. The van der Waals surface area contributed by atoms with Crippen LogP contribution in [0.4, 0.5) is 5.69 Å². The Morgan fingerprint density at radius 1 is 1.32 bits per heavy atom. The number of para-hydroxylation sites is 1. The molecule has 1 heterocycles. The standard InChI is InChI=1S/C15H18N2OS/c1-9(2)12-7-5-6-10(3)14(12)17-15(18)13-8-16-11(4)19-13/h5-9H,1-4H3,(H,17,18). The van der Waals surface area contributed by atoms with Crippen LogP contribution in [-0.4, -0.2) is 10.9 Å². The van der Waals surface area contributed by atoms with Crippen molar-refractivity contribution in [2.45, 2.75) is 33.6 Å². The Kier molecular flexibility index (Phi) is 4.00. The second kappa shape index (κ2) is 5.53.